The summed E-state index contributed by atoms with van der Waals surface area (Å²) < 4.78 is 16.9. The number of aliphatic imine (C=N–C) groups is 1. The summed E-state index contributed by atoms with van der Waals surface area (Å²) in [5, 5.41) is 13.2. The van der Waals surface area contributed by atoms with Crippen molar-refractivity contribution in [2.24, 2.45) is 4.99 Å². The molecule has 36 heavy (non-hydrogen) atoms. The lowest BCUT2D eigenvalue weighted by Crippen LogP contribution is -2.05. The van der Waals surface area contributed by atoms with E-state index < -0.39 is 10.9 Å². The smallest absolute Gasteiger partial charge is 0.363 e. The lowest BCUT2D eigenvalue weighted by Gasteiger charge is -2.13. The molecule has 8 nitrogen and oxygen atoms in total. The number of esters is 1. The van der Waals surface area contributed by atoms with E-state index in [0.29, 0.717) is 28.2 Å². The molecule has 0 spiro atoms. The topological polar surface area (TPSA) is 100 Å². The monoisotopic (exact) mass is 480 g/mol. The molecule has 0 atom stereocenters. The number of para-hydroxylation sites is 1. The molecule has 4 aromatic carbocycles. The van der Waals surface area contributed by atoms with Crippen LogP contribution < -0.4 is 9.47 Å². The Kier molecular flexibility index (Phi) is 6.15. The maximum absolute atomic E-state index is 12.6. The molecule has 8 heteroatoms. The zero-order valence-corrected chi connectivity index (χ0v) is 19.2. The number of rotatable bonds is 7. The first-order valence-electron chi connectivity index (χ1n) is 11.1. The average Bonchev–Trinajstić information content (AvgIpc) is 3.27. The molecule has 0 aliphatic carbocycles. The highest BCUT2D eigenvalue weighted by Gasteiger charge is 2.25. The molecule has 178 valence electrons. The number of fused-ring (bicyclic) bond motifs is 1. The third-order valence-electron chi connectivity index (χ3n) is 5.64. The van der Waals surface area contributed by atoms with Crippen LogP contribution in [0.3, 0.4) is 0 Å². The zero-order chi connectivity index (χ0) is 25.1. The molecule has 1 aliphatic heterocycles. The minimum Gasteiger partial charge on any atom is -0.493 e. The highest BCUT2D eigenvalue weighted by atomic mass is 16.6. The van der Waals surface area contributed by atoms with Crippen LogP contribution in [-0.4, -0.2) is 23.9 Å². The fraction of sp³-hybridized carbons (Fsp3) is 0.0714. The van der Waals surface area contributed by atoms with Gasteiger partial charge in [0.2, 0.25) is 5.90 Å². The number of hydrogen-bond donors (Lipinski definition) is 0. The Labute approximate surface area is 206 Å². The molecule has 5 rings (SSSR count). The number of carbonyl (C=O) groups excluding carboxylic acids is 1. The van der Waals surface area contributed by atoms with Crippen molar-refractivity contribution in [1.82, 2.24) is 0 Å². The number of cyclic esters (lactones) is 1. The third kappa shape index (κ3) is 4.65. The molecule has 0 amide bonds. The highest BCUT2D eigenvalue weighted by Crippen LogP contribution is 2.34. The molecule has 4 aromatic rings. The largest absolute Gasteiger partial charge is 0.493 e. The Hall–Kier alpha value is -4.98. The zero-order valence-electron chi connectivity index (χ0n) is 19.2. The molecule has 0 saturated heterocycles. The van der Waals surface area contributed by atoms with E-state index in [1.165, 1.54) is 19.2 Å². The molecule has 1 aliphatic rings. The predicted molar refractivity (Wildman–Crippen MR) is 135 cm³/mol. The molecular weight excluding hydrogens is 460 g/mol. The van der Waals surface area contributed by atoms with Gasteiger partial charge in [-0.2, -0.15) is 0 Å². The van der Waals surface area contributed by atoms with Crippen LogP contribution in [0.5, 0.6) is 11.5 Å². The van der Waals surface area contributed by atoms with E-state index in [2.05, 4.69) is 4.99 Å². The minimum atomic E-state index is -0.578. The van der Waals surface area contributed by atoms with E-state index >= 15 is 0 Å². The van der Waals surface area contributed by atoms with Gasteiger partial charge in [0.05, 0.1) is 12.0 Å². The van der Waals surface area contributed by atoms with Crippen molar-refractivity contribution in [1.29, 1.82) is 0 Å². The second kappa shape index (κ2) is 9.71. The lowest BCUT2D eigenvalue weighted by molar-refractivity contribution is -0.384. The first-order chi connectivity index (χ1) is 17.5. The van der Waals surface area contributed by atoms with Crippen LogP contribution in [0.25, 0.3) is 16.8 Å². The standard InChI is InChI=1S/C28H20N2O6/c1-34-25-11-5-9-21(26(25)35-17-18-6-4-10-23(14-18)30(32)33)16-24-28(31)36-27(29-24)22-13-12-19-7-2-3-8-20(19)15-22/h2-16H,17H2,1H3/b24-16-. The molecular formula is C28H20N2O6. The van der Waals surface area contributed by atoms with E-state index in [1.54, 1.807) is 36.4 Å². The Balaban J connectivity index is 1.45. The number of ether oxygens (including phenoxy) is 3. The van der Waals surface area contributed by atoms with Gasteiger partial charge in [0.1, 0.15) is 6.61 Å². The summed E-state index contributed by atoms with van der Waals surface area (Å²) in [6.07, 6.45) is 1.57. The first kappa shape index (κ1) is 22.8. The maximum atomic E-state index is 12.6. The van der Waals surface area contributed by atoms with E-state index in [4.69, 9.17) is 14.2 Å². The van der Waals surface area contributed by atoms with Crippen LogP contribution in [0.4, 0.5) is 5.69 Å². The van der Waals surface area contributed by atoms with Gasteiger partial charge in [-0.1, -0.05) is 54.6 Å². The molecule has 0 saturated carbocycles. The predicted octanol–water partition coefficient (Wildman–Crippen LogP) is 5.68. The Morgan fingerprint density at radius 2 is 1.78 bits per heavy atom. The number of nitrogens with zero attached hydrogens (tertiary/aromatic N) is 2. The van der Waals surface area contributed by atoms with Gasteiger partial charge in [-0.3, -0.25) is 10.1 Å². The normalized spacial score (nSPS) is 14.0. The third-order valence-corrected chi connectivity index (χ3v) is 5.64. The van der Waals surface area contributed by atoms with Crippen LogP contribution >= 0.6 is 0 Å². The summed E-state index contributed by atoms with van der Waals surface area (Å²) >= 11 is 0. The summed E-state index contributed by atoms with van der Waals surface area (Å²) in [5.74, 6) is 0.464. The lowest BCUT2D eigenvalue weighted by atomic mass is 10.1. The average molecular weight is 480 g/mol. The van der Waals surface area contributed by atoms with Crippen LogP contribution in [-0.2, 0) is 16.1 Å². The van der Waals surface area contributed by atoms with Gasteiger partial charge < -0.3 is 14.2 Å². The van der Waals surface area contributed by atoms with Crippen molar-refractivity contribution < 1.29 is 23.9 Å². The summed E-state index contributed by atoms with van der Waals surface area (Å²) in [7, 11) is 1.51. The molecule has 0 N–H and O–H groups in total. The molecule has 0 radical (unpaired) electrons. The number of carbonyl (C=O) groups is 1. The number of methoxy groups -OCH3 is 1. The van der Waals surface area contributed by atoms with Gasteiger partial charge in [0.15, 0.2) is 17.2 Å². The van der Waals surface area contributed by atoms with Crippen molar-refractivity contribution >= 4 is 34.4 Å². The number of non-ortho nitro benzene ring substituents is 1. The summed E-state index contributed by atoms with van der Waals surface area (Å²) in [4.78, 5) is 27.7. The maximum Gasteiger partial charge on any atom is 0.363 e. The van der Waals surface area contributed by atoms with Crippen LogP contribution in [0.15, 0.2) is 95.6 Å². The van der Waals surface area contributed by atoms with E-state index in [0.717, 1.165) is 10.8 Å². The quantitative estimate of drug-likeness (QED) is 0.146. The number of benzene rings is 4. The number of hydrogen-bond acceptors (Lipinski definition) is 7. The fourth-order valence-corrected chi connectivity index (χ4v) is 3.88. The minimum absolute atomic E-state index is 0.0253. The number of nitro benzene ring substituents is 1. The Morgan fingerprint density at radius 1 is 0.972 bits per heavy atom. The van der Waals surface area contributed by atoms with Gasteiger partial charge in [0, 0.05) is 23.3 Å². The van der Waals surface area contributed by atoms with Crippen molar-refractivity contribution in [3.8, 4) is 11.5 Å². The van der Waals surface area contributed by atoms with Crippen molar-refractivity contribution in [3.63, 3.8) is 0 Å². The van der Waals surface area contributed by atoms with Gasteiger partial charge in [-0.05, 0) is 40.6 Å². The summed E-state index contributed by atoms with van der Waals surface area (Å²) in [5.41, 5.74) is 1.95. The van der Waals surface area contributed by atoms with Crippen molar-refractivity contribution in [3.05, 3.63) is 117 Å². The summed E-state index contributed by atoms with van der Waals surface area (Å²) in [6.45, 7) is 0.0638. The first-order valence-corrected chi connectivity index (χ1v) is 11.1. The van der Waals surface area contributed by atoms with Crippen LogP contribution in [0.2, 0.25) is 0 Å². The molecule has 0 aromatic heterocycles. The van der Waals surface area contributed by atoms with Gasteiger partial charge in [0.25, 0.3) is 5.69 Å². The molecule has 1 heterocycles. The Morgan fingerprint density at radius 3 is 2.58 bits per heavy atom. The van der Waals surface area contributed by atoms with E-state index in [1.807, 2.05) is 42.5 Å². The van der Waals surface area contributed by atoms with E-state index in [-0.39, 0.29) is 23.9 Å². The van der Waals surface area contributed by atoms with Gasteiger partial charge in [-0.15, -0.1) is 0 Å². The number of nitro groups is 1. The van der Waals surface area contributed by atoms with Gasteiger partial charge in [-0.25, -0.2) is 9.79 Å². The van der Waals surface area contributed by atoms with Gasteiger partial charge >= 0.3 is 5.97 Å². The summed E-state index contributed by atoms with van der Waals surface area (Å²) in [6, 6.07) is 25.1. The SMILES string of the molecule is COc1cccc(/C=C2\N=C(c3ccc4ccccc4c3)OC2=O)c1OCc1cccc([N+](=O)[O-])c1. The highest BCUT2D eigenvalue weighted by molar-refractivity contribution is 6.13. The Bertz CT molecular complexity index is 1560. The molecule has 0 unspecified atom stereocenters. The second-order valence-corrected chi connectivity index (χ2v) is 7.99. The fourth-order valence-electron chi connectivity index (χ4n) is 3.88. The molecule has 0 fully saturated rings. The van der Waals surface area contributed by atoms with Crippen molar-refractivity contribution in [2.75, 3.05) is 7.11 Å². The van der Waals surface area contributed by atoms with Crippen molar-refractivity contribution in [2.45, 2.75) is 6.61 Å². The van der Waals surface area contributed by atoms with Crippen LogP contribution in [0, 0.1) is 10.1 Å². The van der Waals surface area contributed by atoms with Crippen LogP contribution in [0.1, 0.15) is 16.7 Å². The second-order valence-electron chi connectivity index (χ2n) is 7.99. The molecule has 0 bridgehead atoms. The van der Waals surface area contributed by atoms with E-state index in [9.17, 15) is 14.9 Å².